The second-order valence-corrected chi connectivity index (χ2v) is 9.20. The number of aldehydes is 1. The van der Waals surface area contributed by atoms with Gasteiger partial charge in [0, 0.05) is 6.42 Å². The van der Waals surface area contributed by atoms with E-state index in [-0.39, 0.29) is 19.5 Å². The van der Waals surface area contributed by atoms with E-state index >= 15 is 0 Å². The van der Waals surface area contributed by atoms with Crippen molar-refractivity contribution in [2.24, 2.45) is 0 Å². The molecule has 0 bridgehead atoms. The first-order chi connectivity index (χ1) is 10.4. The Morgan fingerprint density at radius 1 is 1.26 bits per heavy atom. The van der Waals surface area contributed by atoms with Crippen LogP contribution in [0.4, 0.5) is 13.6 Å². The van der Waals surface area contributed by atoms with Crippen LogP contribution in [0.15, 0.2) is 0 Å². The lowest BCUT2D eigenvalue weighted by atomic mass is 10.2. The minimum Gasteiger partial charge on any atom is -0.444 e. The zero-order valence-corrected chi connectivity index (χ0v) is 15.6. The van der Waals surface area contributed by atoms with Crippen molar-refractivity contribution in [3.8, 4) is 0 Å². The number of amides is 1. The highest BCUT2D eigenvalue weighted by Gasteiger charge is 2.50. The molecule has 0 fully saturated rings. The van der Waals surface area contributed by atoms with Crippen LogP contribution in [-0.4, -0.2) is 42.9 Å². The fraction of sp³-hybridized carbons (Fsp3) is 0.846. The van der Waals surface area contributed by atoms with E-state index in [1.54, 1.807) is 20.8 Å². The van der Waals surface area contributed by atoms with Gasteiger partial charge in [0.1, 0.15) is 11.9 Å². The summed E-state index contributed by atoms with van der Waals surface area (Å²) in [6.07, 6.45) is -1.78. The Morgan fingerprint density at radius 2 is 1.74 bits per heavy atom. The Morgan fingerprint density at radius 3 is 2.09 bits per heavy atom. The molecule has 0 saturated heterocycles. The van der Waals surface area contributed by atoms with E-state index in [0.29, 0.717) is 0 Å². The van der Waals surface area contributed by atoms with E-state index in [1.165, 1.54) is 13.8 Å². The molecule has 23 heavy (non-hydrogen) atoms. The number of carbonyl (C=O) groups is 2. The van der Waals surface area contributed by atoms with Gasteiger partial charge in [0.2, 0.25) is 0 Å². The second kappa shape index (κ2) is 9.01. The molecule has 0 saturated carbocycles. The topological polar surface area (TPSA) is 73.9 Å². The van der Waals surface area contributed by atoms with Crippen LogP contribution in [0.25, 0.3) is 0 Å². The van der Waals surface area contributed by atoms with Gasteiger partial charge in [0.05, 0.1) is 19.3 Å². The third kappa shape index (κ3) is 7.65. The lowest BCUT2D eigenvalue weighted by molar-refractivity contribution is -0.111. The van der Waals surface area contributed by atoms with E-state index in [0.717, 1.165) is 0 Å². The average Bonchev–Trinajstić information content (AvgIpc) is 2.35. The molecule has 136 valence electrons. The number of nitrogens with one attached hydrogen (secondary N) is 1. The molecular formula is C13H24F2NO5PS. The smallest absolute Gasteiger partial charge is 0.408 e. The van der Waals surface area contributed by atoms with Crippen molar-refractivity contribution in [2.45, 2.75) is 58.3 Å². The Kier molecular flexibility index (Phi) is 8.76. The lowest BCUT2D eigenvalue weighted by Gasteiger charge is -2.31. The number of hydrogen-bond acceptors (Lipinski definition) is 6. The van der Waals surface area contributed by atoms with Crippen LogP contribution in [0.5, 0.6) is 0 Å². The Bertz CT molecular complexity index is 446. The quantitative estimate of drug-likeness (QED) is 0.492. The van der Waals surface area contributed by atoms with E-state index in [9.17, 15) is 18.4 Å². The number of carbonyl (C=O) groups excluding carboxylic acids is 2. The third-order valence-corrected chi connectivity index (χ3v) is 5.94. The molecule has 6 nitrogen and oxygen atoms in total. The predicted molar refractivity (Wildman–Crippen MR) is 86.3 cm³/mol. The Hall–Kier alpha value is -0.630. The molecule has 1 atom stereocenters. The van der Waals surface area contributed by atoms with E-state index in [4.69, 9.17) is 25.6 Å². The van der Waals surface area contributed by atoms with Crippen LogP contribution in [0.2, 0.25) is 0 Å². The normalized spacial score (nSPS) is 14.2. The second-order valence-electron chi connectivity index (χ2n) is 5.59. The molecule has 1 N–H and O–H groups in total. The van der Waals surface area contributed by atoms with Crippen molar-refractivity contribution in [1.29, 1.82) is 0 Å². The summed E-state index contributed by atoms with van der Waals surface area (Å²) in [7, 11) is 0. The molecule has 0 spiro atoms. The molecule has 0 rings (SSSR count). The van der Waals surface area contributed by atoms with E-state index in [1.807, 2.05) is 0 Å². The number of ether oxygens (including phenoxy) is 1. The van der Waals surface area contributed by atoms with Crippen LogP contribution in [0.3, 0.4) is 0 Å². The van der Waals surface area contributed by atoms with Crippen molar-refractivity contribution in [3.63, 3.8) is 0 Å². The summed E-state index contributed by atoms with van der Waals surface area (Å²) in [6, 6.07) is -1.47. The number of halogens is 2. The maximum absolute atomic E-state index is 14.4. The molecule has 0 aliphatic rings. The Balaban J connectivity index is 5.04. The van der Waals surface area contributed by atoms with Gasteiger partial charge >= 0.3 is 11.8 Å². The molecule has 0 aromatic heterocycles. The summed E-state index contributed by atoms with van der Waals surface area (Å²) in [5.41, 5.74) is -4.39. The summed E-state index contributed by atoms with van der Waals surface area (Å²) in [4.78, 5) is 22.6. The fourth-order valence-electron chi connectivity index (χ4n) is 1.53. The summed E-state index contributed by atoms with van der Waals surface area (Å²) in [5.74, 6) is 0. The standard InChI is InChI=1S/C13H24F2NO5PS/c1-6-19-22(23,20-7-2)13(14,15)8-10(9-17)16-11(18)21-12(3,4)5/h9-10H,6-8H2,1-5H3,(H,16,18)/t10-/m1/s1. The molecule has 0 aromatic carbocycles. The SMILES string of the molecule is CCOP(=S)(OCC)C(F)(F)C[C@H](C=O)NC(=O)OC(C)(C)C. The van der Waals surface area contributed by atoms with Crippen LogP contribution >= 0.6 is 6.49 Å². The van der Waals surface area contributed by atoms with Gasteiger partial charge in [-0.1, -0.05) is 0 Å². The van der Waals surface area contributed by atoms with Gasteiger partial charge in [-0.3, -0.25) is 0 Å². The van der Waals surface area contributed by atoms with Crippen LogP contribution in [0, 0.1) is 0 Å². The highest BCUT2D eigenvalue weighted by atomic mass is 32.5. The summed E-state index contributed by atoms with van der Waals surface area (Å²) < 4.78 is 43.7. The summed E-state index contributed by atoms with van der Waals surface area (Å²) in [6.45, 7) is 3.87. The zero-order valence-electron chi connectivity index (χ0n) is 13.9. The van der Waals surface area contributed by atoms with Crippen molar-refractivity contribution < 1.29 is 32.2 Å². The van der Waals surface area contributed by atoms with Crippen LogP contribution in [-0.2, 0) is 30.4 Å². The Labute approximate surface area is 140 Å². The first-order valence-corrected chi connectivity index (χ1v) is 9.76. The molecular weight excluding hydrogens is 351 g/mol. The van der Waals surface area contributed by atoms with Gasteiger partial charge in [-0.2, -0.15) is 8.78 Å². The van der Waals surface area contributed by atoms with Crippen molar-refractivity contribution in [2.75, 3.05) is 13.2 Å². The largest absolute Gasteiger partial charge is 0.444 e. The molecule has 0 radical (unpaired) electrons. The maximum atomic E-state index is 14.4. The van der Waals surface area contributed by atoms with Gasteiger partial charge in [-0.15, -0.1) is 0 Å². The third-order valence-electron chi connectivity index (χ3n) is 2.33. The van der Waals surface area contributed by atoms with Gasteiger partial charge < -0.3 is 23.9 Å². The zero-order chi connectivity index (χ0) is 18.3. The first-order valence-electron chi connectivity index (χ1n) is 7.12. The predicted octanol–water partition coefficient (Wildman–Crippen LogP) is 3.44. The summed E-state index contributed by atoms with van der Waals surface area (Å²) >= 11 is 4.86. The molecule has 10 heteroatoms. The highest BCUT2D eigenvalue weighted by molar-refractivity contribution is 8.10. The number of alkyl halides is 2. The molecule has 0 heterocycles. The highest BCUT2D eigenvalue weighted by Crippen LogP contribution is 2.63. The number of rotatable bonds is 9. The molecule has 0 unspecified atom stereocenters. The van der Waals surface area contributed by atoms with E-state index in [2.05, 4.69) is 5.32 Å². The first kappa shape index (κ1) is 22.4. The van der Waals surface area contributed by atoms with Crippen LogP contribution in [0.1, 0.15) is 41.0 Å². The van der Waals surface area contributed by atoms with Gasteiger partial charge in [-0.25, -0.2) is 4.79 Å². The number of alkyl carbamates (subject to hydrolysis) is 1. The molecule has 0 aliphatic carbocycles. The lowest BCUT2D eigenvalue weighted by Crippen LogP contribution is -2.43. The van der Waals surface area contributed by atoms with Crippen molar-refractivity contribution in [3.05, 3.63) is 0 Å². The van der Waals surface area contributed by atoms with Crippen molar-refractivity contribution >= 4 is 30.7 Å². The van der Waals surface area contributed by atoms with Crippen LogP contribution < -0.4 is 5.32 Å². The molecule has 1 amide bonds. The van der Waals surface area contributed by atoms with Crippen molar-refractivity contribution in [1.82, 2.24) is 5.32 Å². The molecule has 0 aliphatic heterocycles. The summed E-state index contributed by atoms with van der Waals surface area (Å²) in [5, 5.41) is 2.09. The van der Waals surface area contributed by atoms with Gasteiger partial charge in [0.15, 0.2) is 0 Å². The minimum absolute atomic E-state index is 0.0435. The van der Waals surface area contributed by atoms with Gasteiger partial charge in [0.25, 0.3) is 6.49 Å². The van der Waals surface area contributed by atoms with E-state index < -0.39 is 36.3 Å². The molecule has 0 aromatic rings. The average molecular weight is 375 g/mol. The van der Waals surface area contributed by atoms with Gasteiger partial charge in [-0.05, 0) is 46.4 Å². The minimum atomic E-state index is -3.92. The monoisotopic (exact) mass is 375 g/mol. The number of hydrogen-bond donors (Lipinski definition) is 1. The maximum Gasteiger partial charge on any atom is 0.408 e. The fourth-order valence-corrected chi connectivity index (χ4v) is 3.94.